The highest BCUT2D eigenvalue weighted by atomic mass is 19.1. The van der Waals surface area contributed by atoms with E-state index in [9.17, 15) is 4.39 Å². The maximum atomic E-state index is 12.7. The molecule has 1 aromatic rings. The van der Waals surface area contributed by atoms with Crippen molar-refractivity contribution in [2.45, 2.75) is 12.5 Å². The van der Waals surface area contributed by atoms with Crippen molar-refractivity contribution in [2.24, 2.45) is 0 Å². The fourth-order valence-corrected chi connectivity index (χ4v) is 0.999. The van der Waals surface area contributed by atoms with Crippen LogP contribution in [0.3, 0.4) is 0 Å². The van der Waals surface area contributed by atoms with Crippen LogP contribution in [0.1, 0.15) is 6.92 Å². The van der Waals surface area contributed by atoms with Gasteiger partial charge in [0.05, 0.1) is 6.61 Å². The van der Waals surface area contributed by atoms with Gasteiger partial charge in [-0.15, -0.1) is 0 Å². The topological polar surface area (TPSA) is 21.8 Å². The minimum atomic E-state index is -0.278. The van der Waals surface area contributed by atoms with Gasteiger partial charge in [-0.25, -0.2) is 4.39 Å². The summed E-state index contributed by atoms with van der Waals surface area (Å²) in [5, 5.41) is 0. The Balaban J connectivity index is 1.94. The van der Waals surface area contributed by atoms with Gasteiger partial charge in [0.15, 0.2) is 0 Å². The average Bonchev–Trinajstić information content (AvgIpc) is 2.82. The second-order valence-corrected chi connectivity index (χ2v) is 3.48. The molecule has 3 heteroatoms. The Kier molecular flexibility index (Phi) is 1.96. The third-order valence-corrected chi connectivity index (χ3v) is 1.98. The second-order valence-electron chi connectivity index (χ2n) is 3.48. The summed E-state index contributed by atoms with van der Waals surface area (Å²) >= 11 is 0. The van der Waals surface area contributed by atoms with Gasteiger partial charge in [0.2, 0.25) is 0 Å². The molecule has 0 saturated carbocycles. The molecule has 1 aliphatic heterocycles. The molecular formula is C10H11FO2. The van der Waals surface area contributed by atoms with Crippen LogP contribution < -0.4 is 4.74 Å². The van der Waals surface area contributed by atoms with Gasteiger partial charge in [-0.05, 0) is 19.1 Å². The van der Waals surface area contributed by atoms with E-state index in [2.05, 4.69) is 0 Å². The molecule has 1 atom stereocenters. The number of hydrogen-bond acceptors (Lipinski definition) is 2. The summed E-state index contributed by atoms with van der Waals surface area (Å²) in [6.45, 7) is 3.17. The highest BCUT2D eigenvalue weighted by Crippen LogP contribution is 2.26. The van der Waals surface area contributed by atoms with Gasteiger partial charge in [-0.3, -0.25) is 0 Å². The van der Waals surface area contributed by atoms with E-state index in [1.807, 2.05) is 6.92 Å². The van der Waals surface area contributed by atoms with E-state index >= 15 is 0 Å². The van der Waals surface area contributed by atoms with E-state index in [1.165, 1.54) is 12.1 Å². The molecule has 13 heavy (non-hydrogen) atoms. The molecule has 1 aromatic carbocycles. The van der Waals surface area contributed by atoms with Gasteiger partial charge in [0, 0.05) is 6.07 Å². The van der Waals surface area contributed by atoms with Crippen LogP contribution in [0.15, 0.2) is 24.3 Å². The van der Waals surface area contributed by atoms with Crippen LogP contribution in [0.25, 0.3) is 0 Å². The van der Waals surface area contributed by atoms with E-state index in [0.29, 0.717) is 12.4 Å². The molecule has 70 valence electrons. The lowest BCUT2D eigenvalue weighted by atomic mass is 10.2. The maximum Gasteiger partial charge on any atom is 0.126 e. The van der Waals surface area contributed by atoms with Crippen molar-refractivity contribution >= 4 is 0 Å². The molecule has 1 unspecified atom stereocenters. The minimum Gasteiger partial charge on any atom is -0.490 e. The van der Waals surface area contributed by atoms with Gasteiger partial charge < -0.3 is 9.47 Å². The molecule has 1 saturated heterocycles. The number of rotatable bonds is 3. The van der Waals surface area contributed by atoms with Gasteiger partial charge in [-0.2, -0.15) is 0 Å². The first-order valence-electron chi connectivity index (χ1n) is 4.20. The zero-order valence-electron chi connectivity index (χ0n) is 7.42. The third-order valence-electron chi connectivity index (χ3n) is 1.98. The van der Waals surface area contributed by atoms with Crippen LogP contribution in [0.4, 0.5) is 4.39 Å². The van der Waals surface area contributed by atoms with Crippen molar-refractivity contribution in [1.29, 1.82) is 0 Å². The van der Waals surface area contributed by atoms with Crippen molar-refractivity contribution in [3.8, 4) is 5.75 Å². The second kappa shape index (κ2) is 3.00. The molecule has 1 aliphatic rings. The Bertz CT molecular complexity index is 308. The highest BCUT2D eigenvalue weighted by molar-refractivity contribution is 5.22. The molecule has 0 radical (unpaired) electrons. The molecule has 0 aromatic heterocycles. The first-order valence-corrected chi connectivity index (χ1v) is 4.20. The van der Waals surface area contributed by atoms with Crippen molar-refractivity contribution in [3.05, 3.63) is 30.1 Å². The number of epoxide rings is 1. The molecule has 0 N–H and O–H groups in total. The number of benzene rings is 1. The Labute approximate surface area is 76.3 Å². The molecule has 1 heterocycles. The monoisotopic (exact) mass is 182 g/mol. The number of halogens is 1. The van der Waals surface area contributed by atoms with E-state index in [-0.39, 0.29) is 11.4 Å². The summed E-state index contributed by atoms with van der Waals surface area (Å²) in [5.41, 5.74) is -0.147. The summed E-state index contributed by atoms with van der Waals surface area (Å²) in [4.78, 5) is 0. The van der Waals surface area contributed by atoms with E-state index in [4.69, 9.17) is 9.47 Å². The maximum absolute atomic E-state index is 12.7. The molecule has 2 nitrogen and oxygen atoms in total. The summed E-state index contributed by atoms with van der Waals surface area (Å²) in [7, 11) is 0. The zero-order valence-corrected chi connectivity index (χ0v) is 7.42. The van der Waals surface area contributed by atoms with Crippen LogP contribution in [-0.4, -0.2) is 18.8 Å². The van der Waals surface area contributed by atoms with Gasteiger partial charge in [-0.1, -0.05) is 6.07 Å². The van der Waals surface area contributed by atoms with E-state index < -0.39 is 0 Å². The van der Waals surface area contributed by atoms with Crippen molar-refractivity contribution < 1.29 is 13.9 Å². The van der Waals surface area contributed by atoms with Gasteiger partial charge >= 0.3 is 0 Å². The van der Waals surface area contributed by atoms with E-state index in [0.717, 1.165) is 6.61 Å². The van der Waals surface area contributed by atoms with Crippen LogP contribution >= 0.6 is 0 Å². The number of ether oxygens (including phenoxy) is 2. The molecule has 0 bridgehead atoms. The Morgan fingerprint density at radius 2 is 2.38 bits per heavy atom. The Hall–Kier alpha value is -1.09. The van der Waals surface area contributed by atoms with Crippen LogP contribution in [0, 0.1) is 5.82 Å². The fourth-order valence-electron chi connectivity index (χ4n) is 0.999. The van der Waals surface area contributed by atoms with Gasteiger partial charge in [0.25, 0.3) is 0 Å². The summed E-state index contributed by atoms with van der Waals surface area (Å²) in [6.07, 6.45) is 0. The van der Waals surface area contributed by atoms with E-state index in [1.54, 1.807) is 12.1 Å². The molecule has 0 aliphatic carbocycles. The Morgan fingerprint density at radius 1 is 1.62 bits per heavy atom. The Morgan fingerprint density at radius 3 is 3.00 bits per heavy atom. The van der Waals surface area contributed by atoms with Crippen molar-refractivity contribution in [2.75, 3.05) is 13.2 Å². The molecule has 0 spiro atoms. The summed E-state index contributed by atoms with van der Waals surface area (Å²) in [5.74, 6) is 0.274. The normalized spacial score (nSPS) is 25.7. The first kappa shape index (κ1) is 8.51. The quantitative estimate of drug-likeness (QED) is 0.667. The lowest BCUT2D eigenvalue weighted by Gasteiger charge is -2.08. The molecule has 2 rings (SSSR count). The summed E-state index contributed by atoms with van der Waals surface area (Å²) in [6, 6.07) is 6.11. The lowest BCUT2D eigenvalue weighted by Crippen LogP contribution is -2.16. The predicted molar refractivity (Wildman–Crippen MR) is 46.3 cm³/mol. The molecule has 0 amide bonds. The van der Waals surface area contributed by atoms with Crippen LogP contribution in [0.5, 0.6) is 5.75 Å². The minimum absolute atomic E-state index is 0.147. The molecule has 1 fully saturated rings. The predicted octanol–water partition coefficient (Wildman–Crippen LogP) is 1.99. The average molecular weight is 182 g/mol. The SMILES string of the molecule is CC1(COc2cccc(F)c2)CO1. The first-order chi connectivity index (χ1) is 6.18. The highest BCUT2D eigenvalue weighted by Gasteiger charge is 2.40. The fraction of sp³-hybridized carbons (Fsp3) is 0.400. The lowest BCUT2D eigenvalue weighted by molar-refractivity contribution is 0.202. The third kappa shape index (κ3) is 2.18. The standard InChI is InChI=1S/C10H11FO2/c1-10(7-13-10)6-12-9-4-2-3-8(11)5-9/h2-5H,6-7H2,1H3. The largest absolute Gasteiger partial charge is 0.490 e. The zero-order chi connectivity index (χ0) is 9.31. The summed E-state index contributed by atoms with van der Waals surface area (Å²) < 4.78 is 23.2. The van der Waals surface area contributed by atoms with Crippen molar-refractivity contribution in [1.82, 2.24) is 0 Å². The van der Waals surface area contributed by atoms with Crippen molar-refractivity contribution in [3.63, 3.8) is 0 Å². The molecular weight excluding hydrogens is 171 g/mol. The van der Waals surface area contributed by atoms with Gasteiger partial charge in [0.1, 0.15) is 23.8 Å². The van der Waals surface area contributed by atoms with Crippen LogP contribution in [-0.2, 0) is 4.74 Å². The smallest absolute Gasteiger partial charge is 0.126 e. The number of hydrogen-bond donors (Lipinski definition) is 0. The van der Waals surface area contributed by atoms with Crippen LogP contribution in [0.2, 0.25) is 0 Å².